The number of benzene rings is 1. The number of nitrogens with one attached hydrogen (secondary N) is 1. The van der Waals surface area contributed by atoms with Gasteiger partial charge in [-0.15, -0.1) is 0 Å². The molecule has 21 heavy (non-hydrogen) atoms. The molecule has 0 amide bonds. The van der Waals surface area contributed by atoms with Gasteiger partial charge in [-0.2, -0.15) is 0 Å². The molecule has 0 spiro atoms. The summed E-state index contributed by atoms with van der Waals surface area (Å²) in [6, 6.07) is 6.30. The summed E-state index contributed by atoms with van der Waals surface area (Å²) in [5.41, 5.74) is 1.62. The quantitative estimate of drug-likeness (QED) is 0.706. The van der Waals surface area contributed by atoms with Crippen LogP contribution in [0.25, 0.3) is 0 Å². The molecule has 1 rings (SSSR count). The molecule has 0 atom stereocenters. The number of hydrogen-bond donors (Lipinski definition) is 1. The van der Waals surface area contributed by atoms with Gasteiger partial charge in [0.25, 0.3) is 0 Å². The smallest absolute Gasteiger partial charge is 0.161 e. The second-order valence-electron chi connectivity index (χ2n) is 6.09. The van der Waals surface area contributed by atoms with Gasteiger partial charge in [0.15, 0.2) is 11.5 Å². The lowest BCUT2D eigenvalue weighted by Crippen LogP contribution is -2.29. The van der Waals surface area contributed by atoms with Crippen LogP contribution in [0.1, 0.15) is 46.6 Å². The number of hydrogen-bond acceptors (Lipinski definition) is 3. The van der Waals surface area contributed by atoms with Gasteiger partial charge < -0.3 is 14.8 Å². The molecule has 0 aliphatic rings. The Hall–Kier alpha value is -1.22. The molecular weight excluding hydrogens is 262 g/mol. The Kier molecular flexibility index (Phi) is 7.58. The van der Waals surface area contributed by atoms with E-state index in [0.717, 1.165) is 37.4 Å². The zero-order valence-corrected chi connectivity index (χ0v) is 14.3. The van der Waals surface area contributed by atoms with Gasteiger partial charge >= 0.3 is 0 Å². The SMILES string of the molecule is CCNCC(C)(C)CCc1ccc(OCC)c(OCC)c1. The molecule has 0 aliphatic heterocycles. The van der Waals surface area contributed by atoms with Crippen molar-refractivity contribution in [3.05, 3.63) is 23.8 Å². The summed E-state index contributed by atoms with van der Waals surface area (Å²) in [6.07, 6.45) is 2.21. The van der Waals surface area contributed by atoms with E-state index in [-0.39, 0.29) is 0 Å². The molecule has 0 aliphatic carbocycles. The van der Waals surface area contributed by atoms with E-state index in [9.17, 15) is 0 Å². The van der Waals surface area contributed by atoms with Crippen molar-refractivity contribution >= 4 is 0 Å². The highest BCUT2D eigenvalue weighted by Gasteiger charge is 2.17. The Morgan fingerprint density at radius 3 is 2.29 bits per heavy atom. The molecule has 0 bridgehead atoms. The molecule has 0 radical (unpaired) electrons. The average Bonchev–Trinajstić information content (AvgIpc) is 2.46. The summed E-state index contributed by atoms with van der Waals surface area (Å²) >= 11 is 0. The first kappa shape index (κ1) is 17.8. The van der Waals surface area contributed by atoms with E-state index in [0.29, 0.717) is 18.6 Å². The highest BCUT2D eigenvalue weighted by molar-refractivity contribution is 5.43. The van der Waals surface area contributed by atoms with Crippen molar-refractivity contribution in [3.63, 3.8) is 0 Å². The van der Waals surface area contributed by atoms with E-state index in [1.807, 2.05) is 19.9 Å². The van der Waals surface area contributed by atoms with Gasteiger partial charge in [-0.25, -0.2) is 0 Å². The van der Waals surface area contributed by atoms with Crippen LogP contribution in [-0.2, 0) is 6.42 Å². The third-order valence-corrected chi connectivity index (χ3v) is 3.55. The van der Waals surface area contributed by atoms with E-state index in [1.54, 1.807) is 0 Å². The lowest BCUT2D eigenvalue weighted by atomic mass is 9.86. The van der Waals surface area contributed by atoms with Crippen LogP contribution in [0, 0.1) is 5.41 Å². The van der Waals surface area contributed by atoms with E-state index >= 15 is 0 Å². The van der Waals surface area contributed by atoms with E-state index < -0.39 is 0 Å². The largest absolute Gasteiger partial charge is 0.490 e. The first-order chi connectivity index (χ1) is 10.0. The van der Waals surface area contributed by atoms with Crippen molar-refractivity contribution in [1.82, 2.24) is 5.32 Å². The van der Waals surface area contributed by atoms with E-state index in [2.05, 4.69) is 38.2 Å². The second-order valence-corrected chi connectivity index (χ2v) is 6.09. The van der Waals surface area contributed by atoms with Gasteiger partial charge in [0.05, 0.1) is 13.2 Å². The predicted octanol–water partition coefficient (Wildman–Crippen LogP) is 4.05. The molecule has 0 heterocycles. The number of aryl methyl sites for hydroxylation is 1. The monoisotopic (exact) mass is 293 g/mol. The van der Waals surface area contributed by atoms with Crippen LogP contribution >= 0.6 is 0 Å². The standard InChI is InChI=1S/C18H31NO2/c1-6-19-14-18(4,5)12-11-15-9-10-16(20-7-2)17(13-15)21-8-3/h9-10,13,19H,6-8,11-12,14H2,1-5H3. The minimum atomic E-state index is 0.306. The molecule has 0 saturated carbocycles. The van der Waals surface area contributed by atoms with Crippen LogP contribution in [-0.4, -0.2) is 26.3 Å². The summed E-state index contributed by atoms with van der Waals surface area (Å²) in [7, 11) is 0. The van der Waals surface area contributed by atoms with Crippen LogP contribution in [0.5, 0.6) is 11.5 Å². The maximum absolute atomic E-state index is 5.69. The van der Waals surface area contributed by atoms with Gasteiger partial charge in [0, 0.05) is 6.54 Å². The molecule has 1 aromatic rings. The Bertz CT molecular complexity index is 416. The number of ether oxygens (including phenoxy) is 2. The van der Waals surface area contributed by atoms with Crippen molar-refractivity contribution in [2.75, 3.05) is 26.3 Å². The topological polar surface area (TPSA) is 30.5 Å². The number of rotatable bonds is 10. The van der Waals surface area contributed by atoms with E-state index in [1.165, 1.54) is 5.56 Å². The molecule has 1 N–H and O–H groups in total. The maximum atomic E-state index is 5.69. The minimum absolute atomic E-state index is 0.306. The third-order valence-electron chi connectivity index (χ3n) is 3.55. The van der Waals surface area contributed by atoms with Gasteiger partial charge in [-0.3, -0.25) is 0 Å². The molecule has 1 aromatic carbocycles. The van der Waals surface area contributed by atoms with Crippen LogP contribution in [0.15, 0.2) is 18.2 Å². The first-order valence-corrected chi connectivity index (χ1v) is 8.11. The highest BCUT2D eigenvalue weighted by atomic mass is 16.5. The molecule has 0 saturated heterocycles. The van der Waals surface area contributed by atoms with Crippen molar-refractivity contribution in [3.8, 4) is 11.5 Å². The van der Waals surface area contributed by atoms with Crippen molar-refractivity contribution in [2.45, 2.75) is 47.5 Å². The van der Waals surface area contributed by atoms with Crippen molar-refractivity contribution in [2.24, 2.45) is 5.41 Å². The molecule has 0 fully saturated rings. The summed E-state index contributed by atoms with van der Waals surface area (Å²) in [5.74, 6) is 1.70. The van der Waals surface area contributed by atoms with Crippen LogP contribution in [0.4, 0.5) is 0 Å². The van der Waals surface area contributed by atoms with E-state index in [4.69, 9.17) is 9.47 Å². The molecule has 0 aromatic heterocycles. The molecule has 3 heteroatoms. The molecule has 0 unspecified atom stereocenters. The molecule has 3 nitrogen and oxygen atoms in total. The third kappa shape index (κ3) is 6.38. The lowest BCUT2D eigenvalue weighted by molar-refractivity contribution is 0.287. The Morgan fingerprint density at radius 1 is 1.00 bits per heavy atom. The summed E-state index contributed by atoms with van der Waals surface area (Å²) in [6.45, 7) is 14.2. The fraction of sp³-hybridized carbons (Fsp3) is 0.667. The molecule has 120 valence electrons. The average molecular weight is 293 g/mol. The van der Waals surface area contributed by atoms with Gasteiger partial charge in [-0.1, -0.05) is 26.8 Å². The first-order valence-electron chi connectivity index (χ1n) is 8.11. The summed E-state index contributed by atoms with van der Waals surface area (Å²) in [5, 5.41) is 3.44. The fourth-order valence-corrected chi connectivity index (χ4v) is 2.29. The highest BCUT2D eigenvalue weighted by Crippen LogP contribution is 2.30. The minimum Gasteiger partial charge on any atom is -0.490 e. The van der Waals surface area contributed by atoms with Gasteiger partial charge in [0.1, 0.15) is 0 Å². The van der Waals surface area contributed by atoms with Crippen LogP contribution < -0.4 is 14.8 Å². The van der Waals surface area contributed by atoms with Gasteiger partial charge in [0.2, 0.25) is 0 Å². The second kappa shape index (κ2) is 8.93. The van der Waals surface area contributed by atoms with Crippen LogP contribution in [0.2, 0.25) is 0 Å². The Labute approximate surface area is 130 Å². The van der Waals surface area contributed by atoms with Gasteiger partial charge in [-0.05, 0) is 56.3 Å². The van der Waals surface area contributed by atoms with Crippen molar-refractivity contribution in [1.29, 1.82) is 0 Å². The Balaban J connectivity index is 2.68. The predicted molar refractivity (Wildman–Crippen MR) is 89.4 cm³/mol. The maximum Gasteiger partial charge on any atom is 0.161 e. The van der Waals surface area contributed by atoms with Crippen LogP contribution in [0.3, 0.4) is 0 Å². The molecular formula is C18H31NO2. The Morgan fingerprint density at radius 2 is 1.67 bits per heavy atom. The lowest BCUT2D eigenvalue weighted by Gasteiger charge is -2.25. The zero-order valence-electron chi connectivity index (χ0n) is 14.3. The summed E-state index contributed by atoms with van der Waals surface area (Å²) < 4.78 is 11.3. The van der Waals surface area contributed by atoms with Crippen molar-refractivity contribution < 1.29 is 9.47 Å². The normalized spacial score (nSPS) is 11.5. The summed E-state index contributed by atoms with van der Waals surface area (Å²) in [4.78, 5) is 0. The fourth-order valence-electron chi connectivity index (χ4n) is 2.29. The zero-order chi connectivity index (χ0) is 15.7.